The maximum Gasteiger partial charge on any atom is 0.307 e. The van der Waals surface area contributed by atoms with Crippen LogP contribution in [-0.2, 0) is 14.4 Å². The monoisotopic (exact) mass is 368 g/mol. The van der Waals surface area contributed by atoms with E-state index in [1.54, 1.807) is 0 Å². The molecule has 0 aromatic carbocycles. The fourth-order valence-electron chi connectivity index (χ4n) is 4.01. The summed E-state index contributed by atoms with van der Waals surface area (Å²) in [5.74, 6) is -2.55. The van der Waals surface area contributed by atoms with Crippen molar-refractivity contribution in [3.8, 4) is 0 Å². The van der Waals surface area contributed by atoms with Crippen LogP contribution in [0.4, 0.5) is 0 Å². The Bertz CT molecular complexity index is 504. The summed E-state index contributed by atoms with van der Waals surface area (Å²) in [6.45, 7) is 9.64. The van der Waals surface area contributed by atoms with Crippen molar-refractivity contribution in [2.24, 2.45) is 29.1 Å². The zero-order chi connectivity index (χ0) is 20.1. The quantitative estimate of drug-likeness (QED) is 0.614. The first-order chi connectivity index (χ1) is 12.0. The Labute approximate surface area is 157 Å². The van der Waals surface area contributed by atoms with E-state index < -0.39 is 29.3 Å². The molecule has 0 aliphatic heterocycles. The summed E-state index contributed by atoms with van der Waals surface area (Å²) in [5.41, 5.74) is -0.468. The van der Waals surface area contributed by atoms with Crippen LogP contribution in [-0.4, -0.2) is 36.0 Å². The second-order valence-electron chi connectivity index (χ2n) is 9.07. The predicted octanol–water partition coefficient (Wildman–Crippen LogP) is 2.82. The van der Waals surface area contributed by atoms with E-state index in [1.807, 2.05) is 34.6 Å². The molecule has 1 aliphatic carbocycles. The Balaban J connectivity index is 3.10. The minimum atomic E-state index is -0.898. The summed E-state index contributed by atoms with van der Waals surface area (Å²) in [7, 11) is 1.54. The van der Waals surface area contributed by atoms with E-state index in [9.17, 15) is 19.5 Å². The van der Waals surface area contributed by atoms with Gasteiger partial charge < -0.3 is 15.7 Å². The largest absolute Gasteiger partial charge is 0.481 e. The number of likely N-dealkylation sites (N-methyl/N-ethyl adjacent to an activating group) is 1. The van der Waals surface area contributed by atoms with Gasteiger partial charge in [-0.1, -0.05) is 47.5 Å². The number of hydrogen-bond donors (Lipinski definition) is 3. The molecule has 0 aromatic heterocycles. The number of aliphatic carboxylic acids is 1. The summed E-state index contributed by atoms with van der Waals surface area (Å²) in [6.07, 6.45) is 4.26. The van der Waals surface area contributed by atoms with Crippen LogP contribution >= 0.6 is 0 Å². The molecule has 3 N–H and O–H groups in total. The van der Waals surface area contributed by atoms with Crippen molar-refractivity contribution in [2.45, 2.75) is 72.8 Å². The molecule has 0 heterocycles. The van der Waals surface area contributed by atoms with Crippen molar-refractivity contribution in [2.75, 3.05) is 7.05 Å². The molecule has 6 heteroatoms. The Kier molecular flexibility index (Phi) is 8.10. The van der Waals surface area contributed by atoms with Crippen molar-refractivity contribution in [3.63, 3.8) is 0 Å². The van der Waals surface area contributed by atoms with Gasteiger partial charge in [-0.3, -0.25) is 14.4 Å². The van der Waals surface area contributed by atoms with E-state index in [4.69, 9.17) is 0 Å². The van der Waals surface area contributed by atoms with Crippen LogP contribution in [0.2, 0.25) is 0 Å². The normalized spacial score (nSPS) is 19.0. The van der Waals surface area contributed by atoms with Crippen molar-refractivity contribution < 1.29 is 19.5 Å². The Morgan fingerprint density at radius 1 is 1.08 bits per heavy atom. The topological polar surface area (TPSA) is 95.5 Å². The first-order valence-electron chi connectivity index (χ1n) is 9.73. The van der Waals surface area contributed by atoms with Gasteiger partial charge in [-0.25, -0.2) is 0 Å². The third-order valence-electron chi connectivity index (χ3n) is 5.35. The van der Waals surface area contributed by atoms with Gasteiger partial charge in [-0.15, -0.1) is 0 Å². The molecule has 0 aromatic rings. The minimum absolute atomic E-state index is 0.0371. The van der Waals surface area contributed by atoms with Crippen LogP contribution < -0.4 is 10.6 Å². The van der Waals surface area contributed by atoms with Gasteiger partial charge in [0.1, 0.15) is 6.04 Å². The number of carbonyl (C=O) groups excluding carboxylic acids is 2. The SMILES string of the molecule is CNC(=O)[C@@H](NC(=O)[C@H](CC(C)C)[C@@H](C(=O)O)C1CCCC1)C(C)(C)C. The third kappa shape index (κ3) is 5.99. The highest BCUT2D eigenvalue weighted by molar-refractivity contribution is 5.90. The number of carbonyl (C=O) groups is 3. The highest BCUT2D eigenvalue weighted by Gasteiger charge is 2.42. The lowest BCUT2D eigenvalue weighted by Crippen LogP contribution is -2.55. The van der Waals surface area contributed by atoms with Gasteiger partial charge in [0.05, 0.1) is 11.8 Å². The molecule has 0 spiro atoms. The number of carboxylic acids is 1. The minimum Gasteiger partial charge on any atom is -0.481 e. The Morgan fingerprint density at radius 3 is 2.00 bits per heavy atom. The highest BCUT2D eigenvalue weighted by Crippen LogP contribution is 2.38. The fourth-order valence-corrected chi connectivity index (χ4v) is 4.01. The molecule has 0 bridgehead atoms. The molecule has 0 saturated heterocycles. The standard InChI is InChI=1S/C20H36N2O4/c1-12(2)11-14(15(19(25)26)13-9-7-8-10-13)17(23)22-16(18(24)21-6)20(3,4)5/h12-16H,7-11H2,1-6H3,(H,21,24)(H,22,23)(H,25,26)/t14-,15+,16-/m1/s1. The van der Waals surface area contributed by atoms with Gasteiger partial charge >= 0.3 is 5.97 Å². The van der Waals surface area contributed by atoms with Crippen LogP contribution in [0, 0.1) is 29.1 Å². The van der Waals surface area contributed by atoms with Crippen molar-refractivity contribution in [1.29, 1.82) is 0 Å². The molecule has 1 saturated carbocycles. The molecule has 0 radical (unpaired) electrons. The van der Waals surface area contributed by atoms with E-state index in [1.165, 1.54) is 7.05 Å². The first-order valence-corrected chi connectivity index (χ1v) is 9.73. The lowest BCUT2D eigenvalue weighted by molar-refractivity contribution is -0.151. The molecule has 3 atom stereocenters. The Hall–Kier alpha value is -1.59. The van der Waals surface area contributed by atoms with E-state index in [2.05, 4.69) is 10.6 Å². The molecule has 1 fully saturated rings. The van der Waals surface area contributed by atoms with Crippen molar-refractivity contribution >= 4 is 17.8 Å². The summed E-state index contributed by atoms with van der Waals surface area (Å²) in [6, 6.07) is -0.701. The van der Waals surface area contributed by atoms with Gasteiger partial charge in [0.25, 0.3) is 0 Å². The molecule has 26 heavy (non-hydrogen) atoms. The van der Waals surface area contributed by atoms with Gasteiger partial charge in [-0.05, 0) is 36.5 Å². The van der Waals surface area contributed by atoms with Gasteiger partial charge in [-0.2, -0.15) is 0 Å². The van der Waals surface area contributed by atoms with Gasteiger partial charge in [0.15, 0.2) is 0 Å². The second-order valence-corrected chi connectivity index (χ2v) is 9.07. The molecule has 1 aliphatic rings. The van der Waals surface area contributed by atoms with Crippen LogP contribution in [0.3, 0.4) is 0 Å². The van der Waals surface area contributed by atoms with Crippen molar-refractivity contribution in [3.05, 3.63) is 0 Å². The lowest BCUT2D eigenvalue weighted by atomic mass is 9.75. The molecule has 6 nitrogen and oxygen atoms in total. The van der Waals surface area contributed by atoms with E-state index in [-0.39, 0.29) is 23.7 Å². The zero-order valence-corrected chi connectivity index (χ0v) is 17.1. The van der Waals surface area contributed by atoms with Gasteiger partial charge in [0, 0.05) is 7.05 Å². The zero-order valence-electron chi connectivity index (χ0n) is 17.1. The number of hydrogen-bond acceptors (Lipinski definition) is 3. The van der Waals surface area contributed by atoms with Crippen molar-refractivity contribution in [1.82, 2.24) is 10.6 Å². The van der Waals surface area contributed by atoms with E-state index >= 15 is 0 Å². The predicted molar refractivity (Wildman–Crippen MR) is 101 cm³/mol. The first kappa shape index (κ1) is 22.5. The summed E-state index contributed by atoms with van der Waals surface area (Å²) < 4.78 is 0. The maximum atomic E-state index is 13.1. The van der Waals surface area contributed by atoms with E-state index in [0.29, 0.717) is 6.42 Å². The number of rotatable bonds is 8. The molecule has 1 rings (SSSR count). The molecule has 150 valence electrons. The fraction of sp³-hybridized carbons (Fsp3) is 0.850. The number of carboxylic acid groups (broad SMARTS) is 1. The lowest BCUT2D eigenvalue weighted by Gasteiger charge is -2.34. The summed E-state index contributed by atoms with van der Waals surface area (Å²) >= 11 is 0. The van der Waals surface area contributed by atoms with Crippen LogP contribution in [0.15, 0.2) is 0 Å². The number of nitrogens with one attached hydrogen (secondary N) is 2. The average Bonchev–Trinajstić information content (AvgIpc) is 3.03. The average molecular weight is 369 g/mol. The third-order valence-corrected chi connectivity index (χ3v) is 5.35. The maximum absolute atomic E-state index is 13.1. The molecule has 2 amide bonds. The van der Waals surface area contributed by atoms with E-state index in [0.717, 1.165) is 25.7 Å². The summed E-state index contributed by atoms with van der Waals surface area (Å²) in [4.78, 5) is 37.4. The highest BCUT2D eigenvalue weighted by atomic mass is 16.4. The number of amides is 2. The molecular formula is C20H36N2O4. The van der Waals surface area contributed by atoms with Crippen LogP contribution in [0.5, 0.6) is 0 Å². The Morgan fingerprint density at radius 2 is 1.62 bits per heavy atom. The van der Waals surface area contributed by atoms with Crippen LogP contribution in [0.1, 0.15) is 66.7 Å². The molecule has 0 unspecified atom stereocenters. The van der Waals surface area contributed by atoms with Crippen LogP contribution in [0.25, 0.3) is 0 Å². The second kappa shape index (κ2) is 9.38. The summed E-state index contributed by atoms with van der Waals surface area (Å²) in [5, 5.41) is 15.3. The van der Waals surface area contributed by atoms with Gasteiger partial charge in [0.2, 0.25) is 11.8 Å². The smallest absolute Gasteiger partial charge is 0.307 e. The molecular weight excluding hydrogens is 332 g/mol.